The summed E-state index contributed by atoms with van der Waals surface area (Å²) in [6.45, 7) is 13.7. The zero-order valence-corrected chi connectivity index (χ0v) is 24.3. The van der Waals surface area contributed by atoms with Gasteiger partial charge >= 0.3 is 5.97 Å². The average Bonchev–Trinajstić information content (AvgIpc) is 3.03. The molecule has 2 N–H and O–H groups in total. The topological polar surface area (TPSA) is 118 Å². The number of ketones is 3. The van der Waals surface area contributed by atoms with Gasteiger partial charge in [0.1, 0.15) is 11.6 Å². The largest absolute Gasteiger partial charge is 0.469 e. The lowest BCUT2D eigenvalue weighted by Gasteiger charge is -2.61. The molecule has 7 heteroatoms. The number of aliphatic hydroxyl groups excluding tert-OH is 2. The van der Waals surface area contributed by atoms with E-state index in [0.29, 0.717) is 36.8 Å². The SMILES string of the molecule is COC(=O)C(C)CC(=O)CC(C)[C@H]1C[C@@H](O)[C@@]2(C)C3=C(C(=O)C[C@]12C)[C@@]1(C)CCC(=O)C(C)(C)[C@@H]1C[C@@H]3O. The van der Waals surface area contributed by atoms with Crippen molar-refractivity contribution in [3.05, 3.63) is 11.1 Å². The van der Waals surface area contributed by atoms with E-state index >= 15 is 0 Å². The molecule has 4 aliphatic carbocycles. The molecule has 0 aliphatic heterocycles. The van der Waals surface area contributed by atoms with Crippen molar-refractivity contribution in [1.82, 2.24) is 0 Å². The minimum Gasteiger partial charge on any atom is -0.469 e. The summed E-state index contributed by atoms with van der Waals surface area (Å²) in [6, 6.07) is 0. The third-order valence-electron chi connectivity index (χ3n) is 11.8. The number of carbonyl (C=O) groups is 4. The fourth-order valence-electron chi connectivity index (χ4n) is 9.40. The van der Waals surface area contributed by atoms with Crippen molar-refractivity contribution in [3.63, 3.8) is 0 Å². The zero-order valence-electron chi connectivity index (χ0n) is 24.3. The molecule has 2 unspecified atom stereocenters. The monoisotopic (exact) mass is 530 g/mol. The predicted molar refractivity (Wildman–Crippen MR) is 142 cm³/mol. The van der Waals surface area contributed by atoms with E-state index < -0.39 is 45.8 Å². The van der Waals surface area contributed by atoms with Crippen LogP contribution in [-0.2, 0) is 23.9 Å². The molecule has 0 bridgehead atoms. The van der Waals surface area contributed by atoms with Crippen LogP contribution in [0, 0.1) is 45.3 Å². The normalized spacial score (nSPS) is 41.6. The Hall–Kier alpha value is -1.86. The quantitative estimate of drug-likeness (QED) is 0.494. The van der Waals surface area contributed by atoms with Gasteiger partial charge in [-0.2, -0.15) is 0 Å². The van der Waals surface area contributed by atoms with Gasteiger partial charge in [-0.3, -0.25) is 19.2 Å². The van der Waals surface area contributed by atoms with Gasteiger partial charge < -0.3 is 14.9 Å². The first kappa shape index (κ1) is 29.1. The maximum Gasteiger partial charge on any atom is 0.308 e. The van der Waals surface area contributed by atoms with Gasteiger partial charge in [0.2, 0.25) is 0 Å². The van der Waals surface area contributed by atoms with Crippen LogP contribution in [0.2, 0.25) is 0 Å². The summed E-state index contributed by atoms with van der Waals surface area (Å²) in [5, 5.41) is 23.3. The smallest absolute Gasteiger partial charge is 0.308 e. The summed E-state index contributed by atoms with van der Waals surface area (Å²) in [5.41, 5.74) is -1.31. The van der Waals surface area contributed by atoms with E-state index in [1.165, 1.54) is 7.11 Å². The number of aliphatic hydroxyl groups is 2. The molecule has 212 valence electrons. The van der Waals surface area contributed by atoms with Crippen LogP contribution in [0.4, 0.5) is 0 Å². The van der Waals surface area contributed by atoms with Crippen molar-refractivity contribution in [2.75, 3.05) is 7.11 Å². The van der Waals surface area contributed by atoms with Crippen LogP contribution in [0.25, 0.3) is 0 Å². The van der Waals surface area contributed by atoms with E-state index in [4.69, 9.17) is 4.74 Å². The molecular formula is C31H46O7. The second kappa shape index (κ2) is 9.36. The van der Waals surface area contributed by atoms with Crippen LogP contribution < -0.4 is 0 Å². The highest BCUT2D eigenvalue weighted by Crippen LogP contribution is 2.71. The zero-order chi connectivity index (χ0) is 28.6. The number of allylic oxidation sites excluding steroid dienone is 1. The number of hydrogen-bond donors (Lipinski definition) is 2. The molecule has 0 spiro atoms. The van der Waals surface area contributed by atoms with E-state index in [-0.39, 0.29) is 54.4 Å². The summed E-state index contributed by atoms with van der Waals surface area (Å²) < 4.78 is 4.76. The standard InChI is InChI=1S/C31H46O7/c1-16(11-18(32)12-17(2)27(37)38-8)19-13-24(36)31(7)26-20(33)14-22-28(3,4)23(35)9-10-29(22,5)25(26)21(34)15-30(19,31)6/h16-17,19-20,22,24,33,36H,9-15H2,1-8H3/t16?,17?,19-,20+,22+,24-,29+,30-,31+/m1/s1. The Bertz CT molecular complexity index is 1090. The summed E-state index contributed by atoms with van der Waals surface area (Å²) in [4.78, 5) is 51.7. The minimum absolute atomic E-state index is 0.00770. The van der Waals surface area contributed by atoms with Crippen molar-refractivity contribution >= 4 is 23.3 Å². The maximum atomic E-state index is 14.1. The molecule has 0 aromatic heterocycles. The molecule has 0 aromatic rings. The minimum atomic E-state index is -0.909. The number of carbonyl (C=O) groups excluding carboxylic acids is 4. The summed E-state index contributed by atoms with van der Waals surface area (Å²) >= 11 is 0. The lowest BCUT2D eigenvalue weighted by Crippen LogP contribution is -2.60. The molecule has 4 aliphatic rings. The maximum absolute atomic E-state index is 14.1. The van der Waals surface area contributed by atoms with E-state index in [1.54, 1.807) is 6.92 Å². The van der Waals surface area contributed by atoms with Gasteiger partial charge in [-0.1, -0.05) is 48.5 Å². The van der Waals surface area contributed by atoms with Crippen molar-refractivity contribution in [2.24, 2.45) is 45.3 Å². The number of rotatable bonds is 6. The van der Waals surface area contributed by atoms with Crippen LogP contribution >= 0.6 is 0 Å². The van der Waals surface area contributed by atoms with Gasteiger partial charge in [-0.05, 0) is 48.0 Å². The third-order valence-corrected chi connectivity index (χ3v) is 11.8. The molecule has 0 radical (unpaired) electrons. The Morgan fingerprint density at radius 2 is 1.66 bits per heavy atom. The second-order valence-corrected chi connectivity index (χ2v) is 14.1. The number of methoxy groups -OCH3 is 1. The molecule has 0 aromatic carbocycles. The first-order valence-corrected chi connectivity index (χ1v) is 14.2. The van der Waals surface area contributed by atoms with Gasteiger partial charge in [-0.25, -0.2) is 0 Å². The molecule has 7 nitrogen and oxygen atoms in total. The highest BCUT2D eigenvalue weighted by atomic mass is 16.5. The van der Waals surface area contributed by atoms with Crippen LogP contribution in [0.5, 0.6) is 0 Å². The molecule has 9 atom stereocenters. The Kier molecular flexibility index (Phi) is 7.18. The highest BCUT2D eigenvalue weighted by molar-refractivity contribution is 6.01. The van der Waals surface area contributed by atoms with Gasteiger partial charge in [0.25, 0.3) is 0 Å². The molecule has 2 saturated carbocycles. The summed E-state index contributed by atoms with van der Waals surface area (Å²) in [5.74, 6) is -1.15. The number of ether oxygens (including phenoxy) is 1. The van der Waals surface area contributed by atoms with Crippen LogP contribution in [0.1, 0.15) is 93.4 Å². The Balaban J connectivity index is 1.71. The third kappa shape index (κ3) is 3.89. The molecule has 4 rings (SSSR count). The Labute approximate surface area is 226 Å². The van der Waals surface area contributed by atoms with Crippen molar-refractivity contribution in [1.29, 1.82) is 0 Å². The fraction of sp³-hybridized carbons (Fsp3) is 0.806. The first-order valence-electron chi connectivity index (χ1n) is 14.2. The number of Topliss-reactive ketones (excluding diaryl/α,β-unsaturated/α-hetero) is 3. The summed E-state index contributed by atoms with van der Waals surface area (Å²) in [7, 11) is 1.31. The summed E-state index contributed by atoms with van der Waals surface area (Å²) in [6.07, 6.45) is 0.728. The van der Waals surface area contributed by atoms with E-state index in [9.17, 15) is 29.4 Å². The van der Waals surface area contributed by atoms with Crippen molar-refractivity contribution < 1.29 is 34.1 Å². The lowest BCUT2D eigenvalue weighted by atomic mass is 9.42. The average molecular weight is 531 g/mol. The highest BCUT2D eigenvalue weighted by Gasteiger charge is 2.70. The van der Waals surface area contributed by atoms with Gasteiger partial charge in [0, 0.05) is 47.5 Å². The molecule has 0 heterocycles. The molecule has 2 fully saturated rings. The van der Waals surface area contributed by atoms with Crippen LogP contribution in [-0.4, -0.2) is 52.8 Å². The van der Waals surface area contributed by atoms with Crippen LogP contribution in [0.15, 0.2) is 11.1 Å². The van der Waals surface area contributed by atoms with E-state index in [2.05, 4.69) is 6.92 Å². The molecule has 38 heavy (non-hydrogen) atoms. The first-order chi connectivity index (χ1) is 17.5. The molecule has 0 saturated heterocycles. The predicted octanol–water partition coefficient (Wildman–Crippen LogP) is 4.22. The molecular weight excluding hydrogens is 484 g/mol. The number of esters is 1. The van der Waals surface area contributed by atoms with E-state index in [0.717, 1.165) is 0 Å². The number of hydrogen-bond acceptors (Lipinski definition) is 7. The van der Waals surface area contributed by atoms with Crippen molar-refractivity contribution in [3.8, 4) is 0 Å². The Morgan fingerprint density at radius 3 is 2.26 bits per heavy atom. The van der Waals surface area contributed by atoms with Crippen LogP contribution in [0.3, 0.4) is 0 Å². The van der Waals surface area contributed by atoms with E-state index in [1.807, 2.05) is 34.6 Å². The fourth-order valence-corrected chi connectivity index (χ4v) is 9.40. The van der Waals surface area contributed by atoms with Gasteiger partial charge in [0.15, 0.2) is 5.78 Å². The van der Waals surface area contributed by atoms with Gasteiger partial charge in [0.05, 0.1) is 25.2 Å². The molecule has 0 amide bonds. The van der Waals surface area contributed by atoms with Gasteiger partial charge in [-0.15, -0.1) is 0 Å². The van der Waals surface area contributed by atoms with Crippen molar-refractivity contribution in [2.45, 2.75) is 106 Å². The lowest BCUT2D eigenvalue weighted by molar-refractivity contribution is -0.147. The Morgan fingerprint density at radius 1 is 1.03 bits per heavy atom. The second-order valence-electron chi connectivity index (χ2n) is 14.1. The number of fused-ring (bicyclic) bond motifs is 4.